The quantitative estimate of drug-likeness (QED) is 0.355. The van der Waals surface area contributed by atoms with Gasteiger partial charge in [0.05, 0.1) is 7.11 Å². The standard InChI is InChI=1S/C28H30N2O/c1-20(23-6-4-3-5-7-23)29-18-22-10-13-28(31-2)26(16-22)24-11-12-27-25(17-24)14-15-30(27)19-21-8-9-21/h3-7,10-17,20-21,29H,8-9,18-19H2,1-2H3. The summed E-state index contributed by atoms with van der Waals surface area (Å²) in [6.07, 6.45) is 4.98. The van der Waals surface area contributed by atoms with E-state index in [0.717, 1.165) is 30.3 Å². The van der Waals surface area contributed by atoms with Gasteiger partial charge in [-0.05, 0) is 72.7 Å². The predicted molar refractivity (Wildman–Crippen MR) is 128 cm³/mol. The Bertz CT molecular complexity index is 1170. The second-order valence-corrected chi connectivity index (χ2v) is 8.73. The number of hydrogen-bond acceptors (Lipinski definition) is 2. The molecule has 1 fully saturated rings. The van der Waals surface area contributed by atoms with Crippen molar-refractivity contribution in [2.45, 2.75) is 38.9 Å². The Labute approximate surface area is 184 Å². The molecule has 4 aromatic rings. The molecule has 1 N–H and O–H groups in total. The van der Waals surface area contributed by atoms with E-state index in [1.165, 1.54) is 40.4 Å². The van der Waals surface area contributed by atoms with Gasteiger partial charge < -0.3 is 14.6 Å². The van der Waals surface area contributed by atoms with Crippen molar-refractivity contribution in [3.05, 3.63) is 90.1 Å². The van der Waals surface area contributed by atoms with Gasteiger partial charge in [-0.15, -0.1) is 0 Å². The van der Waals surface area contributed by atoms with E-state index in [4.69, 9.17) is 4.74 Å². The molecule has 3 nitrogen and oxygen atoms in total. The van der Waals surface area contributed by atoms with Crippen LogP contribution in [-0.2, 0) is 13.1 Å². The zero-order valence-electron chi connectivity index (χ0n) is 18.3. The highest BCUT2D eigenvalue weighted by atomic mass is 16.5. The van der Waals surface area contributed by atoms with E-state index in [1.54, 1.807) is 7.11 Å². The van der Waals surface area contributed by atoms with Crippen LogP contribution in [-0.4, -0.2) is 11.7 Å². The minimum absolute atomic E-state index is 0.300. The van der Waals surface area contributed by atoms with Crippen molar-refractivity contribution in [3.63, 3.8) is 0 Å². The molecule has 1 unspecified atom stereocenters. The molecule has 0 spiro atoms. The first-order valence-electron chi connectivity index (χ1n) is 11.3. The molecule has 3 aromatic carbocycles. The topological polar surface area (TPSA) is 26.2 Å². The van der Waals surface area contributed by atoms with Crippen LogP contribution in [0.5, 0.6) is 5.75 Å². The van der Waals surface area contributed by atoms with Crippen LogP contribution < -0.4 is 10.1 Å². The summed E-state index contributed by atoms with van der Waals surface area (Å²) in [7, 11) is 1.75. The average molecular weight is 411 g/mol. The van der Waals surface area contributed by atoms with Gasteiger partial charge >= 0.3 is 0 Å². The van der Waals surface area contributed by atoms with Crippen LogP contribution in [0.4, 0.5) is 0 Å². The van der Waals surface area contributed by atoms with Gasteiger partial charge in [-0.2, -0.15) is 0 Å². The van der Waals surface area contributed by atoms with Crippen molar-refractivity contribution < 1.29 is 4.74 Å². The summed E-state index contributed by atoms with van der Waals surface area (Å²) in [5.41, 5.74) is 6.23. The largest absolute Gasteiger partial charge is 0.496 e. The Hall–Kier alpha value is -3.04. The van der Waals surface area contributed by atoms with Gasteiger partial charge in [0.1, 0.15) is 5.75 Å². The second-order valence-electron chi connectivity index (χ2n) is 8.73. The number of nitrogens with zero attached hydrogens (tertiary/aromatic N) is 1. The number of methoxy groups -OCH3 is 1. The minimum Gasteiger partial charge on any atom is -0.496 e. The Balaban J connectivity index is 1.39. The van der Waals surface area contributed by atoms with E-state index < -0.39 is 0 Å². The van der Waals surface area contributed by atoms with Crippen LogP contribution in [0.3, 0.4) is 0 Å². The van der Waals surface area contributed by atoms with E-state index in [0.29, 0.717) is 6.04 Å². The van der Waals surface area contributed by atoms with Crippen LogP contribution in [0.1, 0.15) is 36.9 Å². The first-order valence-corrected chi connectivity index (χ1v) is 11.3. The maximum absolute atomic E-state index is 5.70. The molecule has 0 bridgehead atoms. The van der Waals surface area contributed by atoms with Crippen LogP contribution in [0.15, 0.2) is 79.0 Å². The van der Waals surface area contributed by atoms with Crippen molar-refractivity contribution in [3.8, 4) is 16.9 Å². The zero-order valence-corrected chi connectivity index (χ0v) is 18.3. The molecule has 3 heteroatoms. The SMILES string of the molecule is COc1ccc(CNC(C)c2ccccc2)cc1-c1ccc2c(ccn2CC2CC2)c1. The summed E-state index contributed by atoms with van der Waals surface area (Å²) in [6, 6.07) is 26.4. The summed E-state index contributed by atoms with van der Waals surface area (Å²) >= 11 is 0. The third-order valence-corrected chi connectivity index (χ3v) is 6.41. The lowest BCUT2D eigenvalue weighted by molar-refractivity contribution is 0.416. The number of aromatic nitrogens is 1. The maximum atomic E-state index is 5.70. The Morgan fingerprint density at radius 1 is 1.00 bits per heavy atom. The summed E-state index contributed by atoms with van der Waals surface area (Å²) in [5.74, 6) is 1.79. The lowest BCUT2D eigenvalue weighted by atomic mass is 10.00. The van der Waals surface area contributed by atoms with Gasteiger partial charge in [-0.1, -0.05) is 42.5 Å². The molecule has 0 aliphatic heterocycles. The van der Waals surface area contributed by atoms with Gasteiger partial charge in [0.25, 0.3) is 0 Å². The highest BCUT2D eigenvalue weighted by Gasteiger charge is 2.22. The van der Waals surface area contributed by atoms with E-state index in [1.807, 2.05) is 0 Å². The lowest BCUT2D eigenvalue weighted by Crippen LogP contribution is -2.18. The molecule has 1 saturated carbocycles. The number of hydrogen-bond donors (Lipinski definition) is 1. The molecule has 1 aliphatic carbocycles. The average Bonchev–Trinajstić information content (AvgIpc) is 3.56. The molecule has 5 rings (SSSR count). The predicted octanol–water partition coefficient (Wildman–Crippen LogP) is 6.58. The molecule has 158 valence electrons. The second kappa shape index (κ2) is 8.60. The van der Waals surface area contributed by atoms with Crippen molar-refractivity contribution in [1.29, 1.82) is 0 Å². The maximum Gasteiger partial charge on any atom is 0.126 e. The van der Waals surface area contributed by atoms with Crippen LogP contribution in [0.2, 0.25) is 0 Å². The van der Waals surface area contributed by atoms with Crippen molar-refractivity contribution >= 4 is 10.9 Å². The molecule has 0 saturated heterocycles. The third kappa shape index (κ3) is 4.38. The van der Waals surface area contributed by atoms with Gasteiger partial charge in [0.15, 0.2) is 0 Å². The molecular weight excluding hydrogens is 380 g/mol. The molecule has 1 atom stereocenters. The first-order chi connectivity index (χ1) is 15.2. The number of ether oxygens (including phenoxy) is 1. The number of benzene rings is 3. The normalized spacial score (nSPS) is 14.6. The fourth-order valence-corrected chi connectivity index (χ4v) is 4.33. The number of rotatable bonds is 8. The lowest BCUT2D eigenvalue weighted by Gasteiger charge is -2.16. The summed E-state index contributed by atoms with van der Waals surface area (Å²) < 4.78 is 8.10. The van der Waals surface area contributed by atoms with E-state index in [9.17, 15) is 0 Å². The monoisotopic (exact) mass is 410 g/mol. The molecule has 0 radical (unpaired) electrons. The fraction of sp³-hybridized carbons (Fsp3) is 0.286. The highest BCUT2D eigenvalue weighted by Crippen LogP contribution is 2.35. The van der Waals surface area contributed by atoms with Crippen LogP contribution in [0.25, 0.3) is 22.0 Å². The molecule has 1 aromatic heterocycles. The fourth-order valence-electron chi connectivity index (χ4n) is 4.33. The van der Waals surface area contributed by atoms with Gasteiger partial charge in [0.2, 0.25) is 0 Å². The Kier molecular flexibility index (Phi) is 5.52. The molecule has 1 heterocycles. The van der Waals surface area contributed by atoms with Gasteiger partial charge in [0, 0.05) is 41.8 Å². The van der Waals surface area contributed by atoms with Crippen LogP contribution in [0, 0.1) is 5.92 Å². The summed E-state index contributed by atoms with van der Waals surface area (Å²) in [4.78, 5) is 0. The minimum atomic E-state index is 0.300. The van der Waals surface area contributed by atoms with E-state index in [-0.39, 0.29) is 0 Å². The summed E-state index contributed by atoms with van der Waals surface area (Å²) in [6.45, 7) is 4.17. The van der Waals surface area contributed by atoms with Gasteiger partial charge in [-0.25, -0.2) is 0 Å². The van der Waals surface area contributed by atoms with Crippen molar-refractivity contribution in [2.24, 2.45) is 5.92 Å². The molecule has 0 amide bonds. The Morgan fingerprint density at radius 2 is 1.84 bits per heavy atom. The Morgan fingerprint density at radius 3 is 2.61 bits per heavy atom. The van der Waals surface area contributed by atoms with Gasteiger partial charge in [-0.3, -0.25) is 0 Å². The first kappa shape index (κ1) is 19.9. The van der Waals surface area contributed by atoms with Crippen molar-refractivity contribution in [2.75, 3.05) is 7.11 Å². The number of fused-ring (bicyclic) bond motifs is 1. The summed E-state index contributed by atoms with van der Waals surface area (Å²) in [5, 5.41) is 4.94. The smallest absolute Gasteiger partial charge is 0.126 e. The molecule has 31 heavy (non-hydrogen) atoms. The van der Waals surface area contributed by atoms with Crippen molar-refractivity contribution in [1.82, 2.24) is 9.88 Å². The zero-order chi connectivity index (χ0) is 21.2. The van der Waals surface area contributed by atoms with E-state index >= 15 is 0 Å². The molecular formula is C28H30N2O. The third-order valence-electron chi connectivity index (χ3n) is 6.41. The number of nitrogens with one attached hydrogen (secondary N) is 1. The van der Waals surface area contributed by atoms with Crippen LogP contribution >= 0.6 is 0 Å². The highest BCUT2D eigenvalue weighted by molar-refractivity contribution is 5.87. The van der Waals surface area contributed by atoms with E-state index in [2.05, 4.69) is 95.8 Å². The molecule has 1 aliphatic rings.